The second kappa shape index (κ2) is 8.60. The number of Topliss-reactive ketones (excluding diaryl/α,β-unsaturated/α-hetero) is 1. The molecule has 0 amide bonds. The highest BCUT2D eigenvalue weighted by atomic mass is 16.8. The van der Waals surface area contributed by atoms with E-state index < -0.39 is 22.5 Å². The summed E-state index contributed by atoms with van der Waals surface area (Å²) in [6.45, 7) is 1.31. The molecule has 1 heterocycles. The number of hydroxylamine groups is 1. The van der Waals surface area contributed by atoms with Gasteiger partial charge in [-0.05, 0) is 29.8 Å². The van der Waals surface area contributed by atoms with Gasteiger partial charge in [-0.25, -0.2) is 14.7 Å². The first-order valence-electron chi connectivity index (χ1n) is 9.97. The van der Waals surface area contributed by atoms with Gasteiger partial charge >= 0.3 is 5.97 Å². The zero-order valence-electron chi connectivity index (χ0n) is 17.2. The molecule has 4 rings (SSSR count). The van der Waals surface area contributed by atoms with E-state index in [0.29, 0.717) is 5.69 Å². The minimum absolute atomic E-state index is 0.0780. The first-order valence-corrected chi connectivity index (χ1v) is 9.97. The predicted molar refractivity (Wildman–Crippen MR) is 116 cm³/mol. The van der Waals surface area contributed by atoms with Gasteiger partial charge < -0.3 is 4.74 Å². The number of para-hydroxylation sites is 1. The van der Waals surface area contributed by atoms with Crippen LogP contribution in [0.3, 0.4) is 0 Å². The van der Waals surface area contributed by atoms with Gasteiger partial charge in [0.2, 0.25) is 5.78 Å². The number of nitro groups is 1. The van der Waals surface area contributed by atoms with E-state index in [2.05, 4.69) is 0 Å². The number of carbonyl (C=O) groups excluding carboxylic acids is 2. The van der Waals surface area contributed by atoms with E-state index in [1.165, 1.54) is 31.2 Å². The third-order valence-electron chi connectivity index (χ3n) is 5.29. The highest BCUT2D eigenvalue weighted by molar-refractivity contribution is 5.94. The van der Waals surface area contributed by atoms with Crippen LogP contribution >= 0.6 is 0 Å². The molecule has 8 nitrogen and oxygen atoms in total. The summed E-state index contributed by atoms with van der Waals surface area (Å²) in [5.74, 6) is -3.11. The summed E-state index contributed by atoms with van der Waals surface area (Å²) in [6.07, 6.45) is 0.0833. The minimum Gasteiger partial charge on any atom is -0.419 e. The number of hydrogen-bond donors (Lipinski definition) is 0. The lowest BCUT2D eigenvalue weighted by Gasteiger charge is -2.27. The van der Waals surface area contributed by atoms with Crippen molar-refractivity contribution in [1.29, 1.82) is 0 Å². The molecule has 0 bridgehead atoms. The molecule has 8 heteroatoms. The SMILES string of the molecule is CC(=O)[C@]1(OC(=O)c2ccc([N+](=O)[O-])cc2)C[C@H](c2ccccc2)N(c2ccccc2)O1. The van der Waals surface area contributed by atoms with Gasteiger partial charge in [0, 0.05) is 19.1 Å². The van der Waals surface area contributed by atoms with Crippen molar-refractivity contribution in [2.75, 3.05) is 5.06 Å². The minimum atomic E-state index is -1.84. The van der Waals surface area contributed by atoms with Gasteiger partial charge in [-0.2, -0.15) is 0 Å². The Morgan fingerprint density at radius 3 is 2.16 bits per heavy atom. The quantitative estimate of drug-likeness (QED) is 0.318. The number of nitrogens with zero attached hydrogens (tertiary/aromatic N) is 2. The molecule has 0 spiro atoms. The molecular formula is C24H20N2O6. The van der Waals surface area contributed by atoms with Crippen molar-refractivity contribution in [2.45, 2.75) is 25.2 Å². The first-order chi connectivity index (χ1) is 15.4. The zero-order chi connectivity index (χ0) is 22.7. The number of hydrogen-bond acceptors (Lipinski definition) is 7. The molecule has 0 aromatic heterocycles. The van der Waals surface area contributed by atoms with E-state index >= 15 is 0 Å². The molecule has 1 saturated heterocycles. The van der Waals surface area contributed by atoms with Crippen LogP contribution < -0.4 is 5.06 Å². The predicted octanol–water partition coefficient (Wildman–Crippen LogP) is 4.62. The summed E-state index contributed by atoms with van der Waals surface area (Å²) >= 11 is 0. The summed E-state index contributed by atoms with van der Waals surface area (Å²) in [5, 5.41) is 12.4. The Labute approximate surface area is 184 Å². The average Bonchev–Trinajstić information content (AvgIpc) is 3.21. The molecule has 0 aliphatic carbocycles. The van der Waals surface area contributed by atoms with Gasteiger partial charge in [0.05, 0.1) is 28.6 Å². The highest BCUT2D eigenvalue weighted by Gasteiger charge is 2.53. The Morgan fingerprint density at radius 1 is 1.00 bits per heavy atom. The van der Waals surface area contributed by atoms with Crippen molar-refractivity contribution in [3.63, 3.8) is 0 Å². The molecule has 32 heavy (non-hydrogen) atoms. The number of non-ortho nitro benzene ring substituents is 1. The van der Waals surface area contributed by atoms with Crippen LogP contribution in [0.1, 0.15) is 35.3 Å². The fourth-order valence-corrected chi connectivity index (χ4v) is 3.60. The topological polar surface area (TPSA) is 99.0 Å². The van der Waals surface area contributed by atoms with Crippen LogP contribution in [0.15, 0.2) is 84.9 Å². The van der Waals surface area contributed by atoms with E-state index in [1.807, 2.05) is 60.7 Å². The lowest BCUT2D eigenvalue weighted by molar-refractivity contribution is -0.384. The molecule has 1 fully saturated rings. The third-order valence-corrected chi connectivity index (χ3v) is 5.29. The fraction of sp³-hybridized carbons (Fsp3) is 0.167. The second-order valence-electron chi connectivity index (χ2n) is 7.39. The summed E-state index contributed by atoms with van der Waals surface area (Å²) in [5.41, 5.74) is 1.52. The van der Waals surface area contributed by atoms with Gasteiger partial charge in [0.25, 0.3) is 11.5 Å². The number of nitro benzene ring substituents is 1. The summed E-state index contributed by atoms with van der Waals surface area (Å²) in [6, 6.07) is 23.3. The number of rotatable bonds is 6. The number of ether oxygens (including phenoxy) is 1. The molecule has 1 aliphatic rings. The van der Waals surface area contributed by atoms with Crippen LogP contribution in [0.2, 0.25) is 0 Å². The molecule has 3 aromatic carbocycles. The van der Waals surface area contributed by atoms with E-state index in [-0.39, 0.29) is 23.7 Å². The van der Waals surface area contributed by atoms with Crippen molar-refractivity contribution < 1.29 is 24.1 Å². The first kappa shape index (κ1) is 21.2. The number of benzene rings is 3. The van der Waals surface area contributed by atoms with Crippen molar-refractivity contribution in [2.24, 2.45) is 0 Å². The van der Waals surface area contributed by atoms with Gasteiger partial charge in [0.15, 0.2) is 0 Å². The third kappa shape index (κ3) is 4.08. The van der Waals surface area contributed by atoms with Crippen molar-refractivity contribution >= 4 is 23.1 Å². The number of carbonyl (C=O) groups is 2. The Morgan fingerprint density at radius 2 is 1.59 bits per heavy atom. The van der Waals surface area contributed by atoms with Crippen molar-refractivity contribution in [3.05, 3.63) is 106 Å². The van der Waals surface area contributed by atoms with Crippen molar-refractivity contribution in [3.8, 4) is 0 Å². The van der Waals surface area contributed by atoms with Crippen LogP contribution in [0, 0.1) is 10.1 Å². The molecular weight excluding hydrogens is 412 g/mol. The summed E-state index contributed by atoms with van der Waals surface area (Å²) in [4.78, 5) is 41.9. The summed E-state index contributed by atoms with van der Waals surface area (Å²) in [7, 11) is 0. The molecule has 0 N–H and O–H groups in total. The average molecular weight is 432 g/mol. The second-order valence-corrected chi connectivity index (χ2v) is 7.39. The van der Waals surface area contributed by atoms with Gasteiger partial charge in [-0.3, -0.25) is 14.9 Å². The number of anilines is 1. The van der Waals surface area contributed by atoms with Crippen LogP contribution in [-0.4, -0.2) is 22.5 Å². The molecule has 0 radical (unpaired) electrons. The van der Waals surface area contributed by atoms with Crippen LogP contribution in [-0.2, 0) is 14.4 Å². The fourth-order valence-electron chi connectivity index (χ4n) is 3.60. The summed E-state index contributed by atoms with van der Waals surface area (Å²) < 4.78 is 5.63. The van der Waals surface area contributed by atoms with E-state index in [1.54, 1.807) is 5.06 Å². The molecule has 1 aliphatic heterocycles. The van der Waals surface area contributed by atoms with E-state index in [4.69, 9.17) is 9.57 Å². The maximum absolute atomic E-state index is 12.8. The Hall–Kier alpha value is -4.04. The lowest BCUT2D eigenvalue weighted by Crippen LogP contribution is -2.43. The maximum Gasteiger partial charge on any atom is 0.341 e. The molecule has 3 aromatic rings. The molecule has 2 atom stereocenters. The van der Waals surface area contributed by atoms with Crippen LogP contribution in [0.5, 0.6) is 0 Å². The monoisotopic (exact) mass is 432 g/mol. The van der Waals surface area contributed by atoms with Crippen molar-refractivity contribution in [1.82, 2.24) is 0 Å². The van der Waals surface area contributed by atoms with E-state index in [9.17, 15) is 19.7 Å². The number of esters is 1. The normalized spacial score (nSPS) is 20.0. The molecule has 0 unspecified atom stereocenters. The van der Waals surface area contributed by atoms with Gasteiger partial charge in [-0.15, -0.1) is 0 Å². The maximum atomic E-state index is 12.8. The highest BCUT2D eigenvalue weighted by Crippen LogP contribution is 2.44. The van der Waals surface area contributed by atoms with Crippen LogP contribution in [0.25, 0.3) is 0 Å². The van der Waals surface area contributed by atoms with E-state index in [0.717, 1.165) is 5.56 Å². The standard InChI is InChI=1S/C24H20N2O6/c1-17(27)24(31-23(28)19-12-14-21(15-13-19)26(29)30)16-22(18-8-4-2-5-9-18)25(32-24)20-10-6-3-7-11-20/h2-15,22H,16H2,1H3/t22-,24+/m1/s1. The molecule has 162 valence electrons. The largest absolute Gasteiger partial charge is 0.419 e. The number of ketones is 1. The van der Waals surface area contributed by atoms with Gasteiger partial charge in [-0.1, -0.05) is 48.5 Å². The smallest absolute Gasteiger partial charge is 0.341 e. The Kier molecular flexibility index (Phi) is 5.70. The van der Waals surface area contributed by atoms with Gasteiger partial charge in [0.1, 0.15) is 0 Å². The Bertz CT molecular complexity index is 1080. The Balaban J connectivity index is 1.67. The lowest BCUT2D eigenvalue weighted by atomic mass is 9.97. The molecule has 0 saturated carbocycles. The van der Waals surface area contributed by atoms with Crippen LogP contribution in [0.4, 0.5) is 11.4 Å². The zero-order valence-corrected chi connectivity index (χ0v) is 17.2.